The number of carbonyl (C=O) groups excluding carboxylic acids is 2. The predicted molar refractivity (Wildman–Crippen MR) is 133 cm³/mol. The molecule has 1 fully saturated rings. The van der Waals surface area contributed by atoms with Crippen LogP contribution < -0.4 is 4.74 Å². The molecular weight excluding hydrogens is 456 g/mol. The summed E-state index contributed by atoms with van der Waals surface area (Å²) in [6, 6.07) is 16.2. The van der Waals surface area contributed by atoms with Crippen LogP contribution in [0.25, 0.3) is 0 Å². The number of nitrogens with zero attached hydrogens (tertiary/aromatic N) is 2. The molecule has 8 nitrogen and oxygen atoms in total. The van der Waals surface area contributed by atoms with Crippen LogP contribution in [0.5, 0.6) is 5.75 Å². The first-order valence-electron chi connectivity index (χ1n) is 11.1. The van der Waals surface area contributed by atoms with Gasteiger partial charge in [0, 0.05) is 13.0 Å². The molecule has 0 aliphatic carbocycles. The fourth-order valence-corrected chi connectivity index (χ4v) is 6.21. The smallest absolute Gasteiger partial charge is 0.309 e. The average Bonchev–Trinajstić information content (AvgIpc) is 2.98. The van der Waals surface area contributed by atoms with Crippen molar-refractivity contribution in [3.05, 3.63) is 65.7 Å². The molecule has 184 valence electrons. The highest BCUT2D eigenvalue weighted by Crippen LogP contribution is 2.64. The van der Waals surface area contributed by atoms with E-state index in [-0.39, 0.29) is 18.1 Å². The Labute approximate surface area is 202 Å². The van der Waals surface area contributed by atoms with Gasteiger partial charge in [0.15, 0.2) is 0 Å². The molecule has 0 aromatic heterocycles. The Morgan fingerprint density at radius 1 is 1.12 bits per heavy atom. The highest BCUT2D eigenvalue weighted by Gasteiger charge is 2.54. The fraction of sp³-hybridized carbons (Fsp3) is 0.400. The zero-order valence-electron chi connectivity index (χ0n) is 19.9. The summed E-state index contributed by atoms with van der Waals surface area (Å²) < 4.78 is 33.8. The number of esters is 1. The van der Waals surface area contributed by atoms with Gasteiger partial charge in [-0.2, -0.15) is 0 Å². The van der Waals surface area contributed by atoms with Crippen LogP contribution in [0.2, 0.25) is 0 Å². The van der Waals surface area contributed by atoms with Crippen molar-refractivity contribution in [2.24, 2.45) is 4.99 Å². The maximum absolute atomic E-state index is 13.2. The quantitative estimate of drug-likeness (QED) is 0.413. The van der Waals surface area contributed by atoms with Crippen LogP contribution >= 0.6 is 10.8 Å². The Morgan fingerprint density at radius 2 is 1.82 bits per heavy atom. The highest BCUT2D eigenvalue weighted by molar-refractivity contribution is 8.24. The lowest BCUT2D eigenvalue weighted by Crippen LogP contribution is -2.43. The molecule has 0 saturated carbocycles. The van der Waals surface area contributed by atoms with Gasteiger partial charge in [-0.15, -0.1) is 10.8 Å². The summed E-state index contributed by atoms with van der Waals surface area (Å²) in [4.78, 5) is 29.2. The zero-order chi connectivity index (χ0) is 24.9. The van der Waals surface area contributed by atoms with Crippen LogP contribution in [-0.4, -0.2) is 56.8 Å². The Bertz CT molecular complexity index is 1050. The third-order valence-corrected chi connectivity index (χ3v) is 7.66. The largest absolute Gasteiger partial charge is 0.494 e. The topological polar surface area (TPSA) is 109 Å². The van der Waals surface area contributed by atoms with Crippen molar-refractivity contribution in [2.75, 3.05) is 20.3 Å². The summed E-state index contributed by atoms with van der Waals surface area (Å²) in [5.41, 5.74) is 0.805. The minimum absolute atomic E-state index is 0.154. The van der Waals surface area contributed by atoms with Crippen LogP contribution in [0.4, 0.5) is 0 Å². The molecule has 1 heterocycles. The van der Waals surface area contributed by atoms with Gasteiger partial charge in [0.25, 0.3) is 5.91 Å². The van der Waals surface area contributed by atoms with Gasteiger partial charge in [-0.25, -0.2) is 4.31 Å². The summed E-state index contributed by atoms with van der Waals surface area (Å²) in [5, 5.41) is -0.906. The zero-order valence-corrected chi connectivity index (χ0v) is 20.7. The molecule has 1 saturated heterocycles. The highest BCUT2D eigenvalue weighted by atomic mass is 32.3. The molecule has 0 bridgehead atoms. The second kappa shape index (κ2) is 10.6. The average molecular weight is 489 g/mol. The number of amides is 1. The standard InChI is InChI=1S/C25H32N2O6S/c1-25(2,3)27-24(29)22(23(34(27,30)31)19-11-6-5-7-12-19)26-14-9-15-33-20-13-8-10-18(16-20)17-21(28)32-4/h5-8,10-13,16,23,30-31H,9,14-15,17H2,1-4H3. The van der Waals surface area contributed by atoms with Crippen LogP contribution in [0, 0.1) is 0 Å². The Hall–Kier alpha value is -2.88. The molecule has 2 aromatic carbocycles. The normalized spacial score (nSPS) is 19.8. The number of aliphatic imine (C=N–C) groups is 1. The Morgan fingerprint density at radius 3 is 2.47 bits per heavy atom. The van der Waals surface area contributed by atoms with Crippen molar-refractivity contribution >= 4 is 28.4 Å². The molecule has 1 unspecified atom stereocenters. The Balaban J connectivity index is 1.71. The van der Waals surface area contributed by atoms with Gasteiger partial charge < -0.3 is 9.47 Å². The van der Waals surface area contributed by atoms with Gasteiger partial charge in [0.1, 0.15) is 16.7 Å². The van der Waals surface area contributed by atoms with Crippen LogP contribution in [-0.2, 0) is 20.7 Å². The van der Waals surface area contributed by atoms with E-state index in [1.807, 2.05) is 12.1 Å². The molecule has 1 aliphatic rings. The van der Waals surface area contributed by atoms with Gasteiger partial charge in [0.05, 0.1) is 25.7 Å². The second-order valence-electron chi connectivity index (χ2n) is 8.99. The first-order valence-corrected chi connectivity index (χ1v) is 12.6. The third-order valence-electron chi connectivity index (χ3n) is 5.28. The summed E-state index contributed by atoms with van der Waals surface area (Å²) in [6.07, 6.45) is 0.690. The summed E-state index contributed by atoms with van der Waals surface area (Å²) in [5.74, 6) is -0.156. The van der Waals surface area contributed by atoms with Crippen molar-refractivity contribution in [3.63, 3.8) is 0 Å². The van der Waals surface area contributed by atoms with E-state index < -0.39 is 27.5 Å². The van der Waals surface area contributed by atoms with Crippen molar-refractivity contribution in [1.29, 1.82) is 0 Å². The fourth-order valence-electron chi connectivity index (χ4n) is 3.86. The summed E-state index contributed by atoms with van der Waals surface area (Å²) in [7, 11) is -2.11. The molecule has 0 spiro atoms. The minimum Gasteiger partial charge on any atom is -0.494 e. The number of hydrogen-bond donors (Lipinski definition) is 2. The number of carbonyl (C=O) groups is 2. The van der Waals surface area contributed by atoms with E-state index in [2.05, 4.69) is 9.73 Å². The van der Waals surface area contributed by atoms with Gasteiger partial charge in [0.2, 0.25) is 0 Å². The molecule has 9 heteroatoms. The van der Waals surface area contributed by atoms with Gasteiger partial charge in [-0.3, -0.25) is 23.7 Å². The number of ether oxygens (including phenoxy) is 2. The van der Waals surface area contributed by atoms with E-state index in [0.717, 1.165) is 5.56 Å². The third kappa shape index (κ3) is 5.78. The number of methoxy groups -OCH3 is 1. The van der Waals surface area contributed by atoms with Crippen LogP contribution in [0.1, 0.15) is 43.6 Å². The maximum Gasteiger partial charge on any atom is 0.309 e. The molecule has 2 N–H and O–H groups in total. The Kier molecular flexibility index (Phi) is 8.01. The molecular formula is C25H32N2O6S. The van der Waals surface area contributed by atoms with Crippen LogP contribution in [0.3, 0.4) is 0 Å². The first-order chi connectivity index (χ1) is 16.1. The van der Waals surface area contributed by atoms with Crippen molar-refractivity contribution in [1.82, 2.24) is 4.31 Å². The number of hydrogen-bond acceptors (Lipinski definition) is 7. The summed E-state index contributed by atoms with van der Waals surface area (Å²) >= 11 is 0. The monoisotopic (exact) mass is 488 g/mol. The SMILES string of the molecule is COC(=O)Cc1cccc(OCCCN=C2C(=O)N(C(C)(C)C)S(O)(O)C2c2ccccc2)c1. The minimum atomic E-state index is -3.46. The number of rotatable bonds is 8. The molecule has 1 amide bonds. The van der Waals surface area contributed by atoms with Crippen molar-refractivity contribution < 1.29 is 28.2 Å². The van der Waals surface area contributed by atoms with E-state index in [0.29, 0.717) is 30.9 Å². The molecule has 1 aliphatic heterocycles. The van der Waals surface area contributed by atoms with Gasteiger partial charge in [-0.05, 0) is 44.0 Å². The van der Waals surface area contributed by atoms with E-state index in [9.17, 15) is 18.7 Å². The lowest BCUT2D eigenvalue weighted by atomic mass is 10.1. The second-order valence-corrected chi connectivity index (χ2v) is 11.0. The van der Waals surface area contributed by atoms with E-state index in [4.69, 9.17) is 4.74 Å². The van der Waals surface area contributed by atoms with Crippen LogP contribution in [0.15, 0.2) is 59.6 Å². The van der Waals surface area contributed by atoms with E-state index in [1.54, 1.807) is 63.2 Å². The molecule has 34 heavy (non-hydrogen) atoms. The lowest BCUT2D eigenvalue weighted by Gasteiger charge is -2.46. The lowest BCUT2D eigenvalue weighted by molar-refractivity contribution is -0.139. The molecule has 3 rings (SSSR count). The van der Waals surface area contributed by atoms with Gasteiger partial charge >= 0.3 is 5.97 Å². The number of benzene rings is 2. The predicted octanol–water partition coefficient (Wildman–Crippen LogP) is 4.66. The van der Waals surface area contributed by atoms with Crippen molar-refractivity contribution in [2.45, 2.75) is 44.4 Å². The summed E-state index contributed by atoms with van der Waals surface area (Å²) in [6.45, 7) is 5.95. The molecule has 2 aromatic rings. The first kappa shape index (κ1) is 25.7. The molecule has 0 radical (unpaired) electrons. The molecule has 1 atom stereocenters. The van der Waals surface area contributed by atoms with Crippen molar-refractivity contribution in [3.8, 4) is 5.75 Å². The van der Waals surface area contributed by atoms with E-state index in [1.165, 1.54) is 11.4 Å². The maximum atomic E-state index is 13.2. The van der Waals surface area contributed by atoms with Gasteiger partial charge in [-0.1, -0.05) is 42.5 Å². The van der Waals surface area contributed by atoms with E-state index >= 15 is 0 Å².